The molecule has 0 unspecified atom stereocenters. The van der Waals surface area contributed by atoms with Gasteiger partial charge in [0.25, 0.3) is 5.91 Å². The van der Waals surface area contributed by atoms with Gasteiger partial charge in [0, 0.05) is 41.4 Å². The molecule has 5 amide bonds. The van der Waals surface area contributed by atoms with Gasteiger partial charge in [0.2, 0.25) is 23.6 Å². The molecule has 4 aromatic rings. The number of aliphatic carboxylic acids is 1. The molecule has 0 saturated heterocycles. The van der Waals surface area contributed by atoms with Crippen LogP contribution in [0.1, 0.15) is 28.7 Å². The van der Waals surface area contributed by atoms with Crippen LogP contribution in [0.4, 0.5) is 5.69 Å². The number of fused-ring (bicyclic) bond motifs is 18. The van der Waals surface area contributed by atoms with Gasteiger partial charge in [-0.3, -0.25) is 24.0 Å². The number of carboxylic acid groups (broad SMARTS) is 1. The van der Waals surface area contributed by atoms with Crippen LogP contribution in [0.2, 0.25) is 10.0 Å². The number of hydrogen-bond donors (Lipinski definition) is 7. The smallest absolute Gasteiger partial charge is 0.326 e. The van der Waals surface area contributed by atoms with E-state index in [9.17, 15) is 39.0 Å². The molecule has 6 rings (SSSR count). The number of aliphatic hydroxyl groups is 1. The summed E-state index contributed by atoms with van der Waals surface area (Å²) in [4.78, 5) is 80.7. The molecule has 0 fully saturated rings. The Hall–Kier alpha value is -5.76. The zero-order valence-corrected chi connectivity index (χ0v) is 30.8. The van der Waals surface area contributed by atoms with Gasteiger partial charge in [-0.15, -0.1) is 0 Å². The number of halogens is 2. The van der Waals surface area contributed by atoms with E-state index in [1.807, 2.05) is 0 Å². The van der Waals surface area contributed by atoms with Crippen molar-refractivity contribution in [3.8, 4) is 0 Å². The molecular formula is C40H39Cl2N5O8. The number of benzene rings is 4. The first-order valence-electron chi connectivity index (χ1n) is 17.4. The van der Waals surface area contributed by atoms with Crippen LogP contribution in [-0.4, -0.2) is 76.0 Å². The van der Waals surface area contributed by atoms with Crippen molar-refractivity contribution in [2.75, 3.05) is 5.32 Å². The molecule has 5 atom stereocenters. The van der Waals surface area contributed by atoms with Crippen LogP contribution in [-0.2, 0) is 54.5 Å². The van der Waals surface area contributed by atoms with Crippen molar-refractivity contribution < 1.29 is 39.0 Å². The highest BCUT2D eigenvalue weighted by molar-refractivity contribution is 6.35. The number of anilines is 1. The first-order chi connectivity index (χ1) is 26.3. The molecule has 4 aromatic carbocycles. The molecule has 13 nitrogen and oxygen atoms in total. The van der Waals surface area contributed by atoms with Crippen molar-refractivity contribution in [2.45, 2.75) is 62.4 Å². The second-order valence-corrected chi connectivity index (χ2v) is 13.9. The predicted molar refractivity (Wildman–Crippen MR) is 205 cm³/mol. The molecule has 286 valence electrons. The number of carbonyl (C=O) groups is 6. The topological polar surface area (TPSA) is 203 Å². The Morgan fingerprint density at radius 2 is 1.15 bits per heavy atom. The Bertz CT molecular complexity index is 2020. The van der Waals surface area contributed by atoms with Gasteiger partial charge in [0.15, 0.2) is 0 Å². The summed E-state index contributed by atoms with van der Waals surface area (Å²) in [6.07, 6.45) is -2.88. The maximum Gasteiger partial charge on any atom is 0.326 e. The van der Waals surface area contributed by atoms with Crippen molar-refractivity contribution in [1.82, 2.24) is 21.3 Å². The number of hydrogen-bond acceptors (Lipinski definition) is 7. The van der Waals surface area contributed by atoms with E-state index in [-0.39, 0.29) is 36.4 Å². The Kier molecular flexibility index (Phi) is 14.0. The predicted octanol–water partition coefficient (Wildman–Crippen LogP) is 2.99. The lowest BCUT2D eigenvalue weighted by molar-refractivity contribution is -0.142. The first-order valence-corrected chi connectivity index (χ1v) is 18.1. The first kappa shape index (κ1) is 40.4. The van der Waals surface area contributed by atoms with E-state index in [0.717, 1.165) is 0 Å². The number of aliphatic hydroxyl groups excluding tert-OH is 1. The van der Waals surface area contributed by atoms with Gasteiger partial charge in [-0.2, -0.15) is 0 Å². The summed E-state index contributed by atoms with van der Waals surface area (Å²) in [6, 6.07) is 22.8. The Balaban J connectivity index is 1.54. The quantitative estimate of drug-likeness (QED) is 0.139. The van der Waals surface area contributed by atoms with Gasteiger partial charge in [0.05, 0.1) is 6.42 Å². The van der Waals surface area contributed by atoms with Crippen LogP contribution >= 0.6 is 23.2 Å². The third kappa shape index (κ3) is 11.9. The second kappa shape index (κ2) is 19.0. The standard InChI is InChI=1S/C40H39Cl2N5O8/c41-27-14-13-26(29(42)21-27)20-32-38(52)45-31(18-24-9-5-2-6-10-24)37(51)47-33(40(54)55)19-25-11-15-28(16-12-25)43-39(53)34(48)22-35(49)44-30(36(50)46-32)17-23-7-3-1-4-8-23/h1-16,21,30-34,48H,17-20,22H2,(H,43,53)(H,44,49)(H,45,52)(H,46,50)(H,47,51)(H,54,55)/t30-,31-,32+,33-,34-/m1/s1. The molecule has 0 saturated carbocycles. The fourth-order valence-corrected chi connectivity index (χ4v) is 6.44. The number of rotatable bonds is 7. The molecule has 2 aliphatic heterocycles. The van der Waals surface area contributed by atoms with Crippen LogP contribution < -0.4 is 26.6 Å². The zero-order valence-electron chi connectivity index (χ0n) is 29.3. The number of carboxylic acids is 1. The Morgan fingerprint density at radius 1 is 0.618 bits per heavy atom. The monoisotopic (exact) mass is 787 g/mol. The number of nitrogens with one attached hydrogen (secondary N) is 5. The van der Waals surface area contributed by atoms with Crippen LogP contribution in [0, 0.1) is 0 Å². The maximum atomic E-state index is 14.3. The van der Waals surface area contributed by atoms with Gasteiger partial charge in [-0.25, -0.2) is 4.79 Å². The third-order valence-electron chi connectivity index (χ3n) is 8.88. The molecule has 0 radical (unpaired) electrons. The summed E-state index contributed by atoms with van der Waals surface area (Å²) < 4.78 is 0. The van der Waals surface area contributed by atoms with Crippen molar-refractivity contribution >= 4 is 64.4 Å². The lowest BCUT2D eigenvalue weighted by atomic mass is 10.00. The highest BCUT2D eigenvalue weighted by Gasteiger charge is 2.33. The van der Waals surface area contributed by atoms with E-state index >= 15 is 0 Å². The van der Waals surface area contributed by atoms with E-state index < -0.39 is 72.2 Å². The van der Waals surface area contributed by atoms with E-state index in [0.29, 0.717) is 27.3 Å². The van der Waals surface area contributed by atoms with Crippen LogP contribution in [0.25, 0.3) is 0 Å². The molecule has 0 aliphatic carbocycles. The molecule has 2 bridgehead atoms. The molecule has 2 aliphatic rings. The average molecular weight is 789 g/mol. The molecule has 55 heavy (non-hydrogen) atoms. The lowest BCUT2D eigenvalue weighted by Crippen LogP contribution is -2.59. The Labute approximate surface area is 326 Å². The van der Waals surface area contributed by atoms with E-state index in [4.69, 9.17) is 23.2 Å². The highest BCUT2D eigenvalue weighted by Crippen LogP contribution is 2.23. The van der Waals surface area contributed by atoms with Crippen molar-refractivity contribution in [3.63, 3.8) is 0 Å². The fraction of sp³-hybridized carbons (Fsp3) is 0.250. The Morgan fingerprint density at radius 3 is 1.69 bits per heavy atom. The van der Waals surface area contributed by atoms with E-state index in [1.165, 1.54) is 18.2 Å². The van der Waals surface area contributed by atoms with Crippen LogP contribution in [0.15, 0.2) is 103 Å². The lowest BCUT2D eigenvalue weighted by Gasteiger charge is -2.27. The molecule has 0 spiro atoms. The minimum Gasteiger partial charge on any atom is -0.480 e. The molecule has 15 heteroatoms. The maximum absolute atomic E-state index is 14.3. The van der Waals surface area contributed by atoms with Crippen LogP contribution in [0.3, 0.4) is 0 Å². The van der Waals surface area contributed by atoms with E-state index in [2.05, 4.69) is 26.6 Å². The molecule has 2 heterocycles. The summed E-state index contributed by atoms with van der Waals surface area (Å²) in [5.74, 6) is -5.43. The number of carbonyl (C=O) groups excluding carboxylic acids is 5. The zero-order chi connectivity index (χ0) is 39.5. The molecule has 7 N–H and O–H groups in total. The summed E-state index contributed by atoms with van der Waals surface area (Å²) in [5, 5.41) is 34.3. The minimum absolute atomic E-state index is 0.0291. The SMILES string of the molecule is O=C1C[C@@H](O)C(=O)Nc2ccc(cc2)C[C@H](C(=O)O)NC(=O)[C@@H](Cc2ccccc2)NC(=O)[C@H](Cc2ccc(Cl)cc2Cl)NC(=O)[C@@H](Cc2ccccc2)N1. The van der Waals surface area contributed by atoms with Gasteiger partial charge in [-0.05, 0) is 46.5 Å². The van der Waals surface area contributed by atoms with Crippen molar-refractivity contribution in [1.29, 1.82) is 0 Å². The molecule has 0 aromatic heterocycles. The summed E-state index contributed by atoms with van der Waals surface area (Å²) in [6.45, 7) is 0. The van der Waals surface area contributed by atoms with Gasteiger partial charge in [-0.1, -0.05) is 102 Å². The van der Waals surface area contributed by atoms with Crippen molar-refractivity contribution in [2.24, 2.45) is 0 Å². The van der Waals surface area contributed by atoms with E-state index in [1.54, 1.807) is 84.9 Å². The summed E-state index contributed by atoms with van der Waals surface area (Å²) in [5.41, 5.74) is 2.49. The van der Waals surface area contributed by atoms with Gasteiger partial charge < -0.3 is 36.8 Å². The largest absolute Gasteiger partial charge is 0.480 e. The van der Waals surface area contributed by atoms with Crippen molar-refractivity contribution in [3.05, 3.63) is 135 Å². The normalized spacial score (nSPS) is 21.6. The number of amides is 5. The average Bonchev–Trinajstić information content (AvgIpc) is 3.15. The summed E-state index contributed by atoms with van der Waals surface area (Å²) in [7, 11) is 0. The summed E-state index contributed by atoms with van der Waals surface area (Å²) >= 11 is 12.6. The van der Waals surface area contributed by atoms with Gasteiger partial charge in [0.1, 0.15) is 30.3 Å². The minimum atomic E-state index is -1.80. The second-order valence-electron chi connectivity index (χ2n) is 13.1. The third-order valence-corrected chi connectivity index (χ3v) is 9.47. The molecular weight excluding hydrogens is 749 g/mol. The fourth-order valence-electron chi connectivity index (χ4n) is 5.96. The van der Waals surface area contributed by atoms with Gasteiger partial charge >= 0.3 is 5.97 Å². The van der Waals surface area contributed by atoms with Crippen LogP contribution in [0.5, 0.6) is 0 Å². The highest BCUT2D eigenvalue weighted by atomic mass is 35.5.